The van der Waals surface area contributed by atoms with Crippen LogP contribution in [0, 0.1) is 6.92 Å². The molecule has 0 spiro atoms. The number of hydrogen-bond donors (Lipinski definition) is 1. The number of rotatable bonds is 6. The van der Waals surface area contributed by atoms with Gasteiger partial charge in [0.15, 0.2) is 5.16 Å². The van der Waals surface area contributed by atoms with E-state index in [-0.39, 0.29) is 11.7 Å². The summed E-state index contributed by atoms with van der Waals surface area (Å²) in [5.74, 6) is 0.989. The number of methoxy groups -OCH3 is 1. The summed E-state index contributed by atoms with van der Waals surface area (Å²) >= 11 is 4.86. The van der Waals surface area contributed by atoms with Crippen molar-refractivity contribution in [2.75, 3.05) is 18.2 Å². The van der Waals surface area contributed by atoms with Crippen molar-refractivity contribution in [3.63, 3.8) is 0 Å². The largest absolute Gasteiger partial charge is 0.497 e. The number of halogens is 1. The van der Waals surface area contributed by atoms with Gasteiger partial charge >= 0.3 is 0 Å². The van der Waals surface area contributed by atoms with Crippen LogP contribution in [-0.4, -0.2) is 28.3 Å². The molecule has 3 rings (SSSR count). The normalized spacial score (nSPS) is 10.6. The fourth-order valence-corrected chi connectivity index (χ4v) is 3.74. The lowest BCUT2D eigenvalue weighted by Crippen LogP contribution is -2.15. The third kappa shape index (κ3) is 4.47. The quantitative estimate of drug-likeness (QED) is 0.575. The molecule has 0 unspecified atom stereocenters. The highest BCUT2D eigenvalue weighted by Gasteiger charge is 2.11. The molecule has 0 bridgehead atoms. The number of anilines is 1. The molecule has 0 radical (unpaired) electrons. The monoisotopic (exact) mass is 431 g/mol. The summed E-state index contributed by atoms with van der Waals surface area (Å²) in [5.41, 5.74) is 2.86. The van der Waals surface area contributed by atoms with E-state index in [0.717, 1.165) is 32.3 Å². The van der Waals surface area contributed by atoms with E-state index >= 15 is 0 Å². The van der Waals surface area contributed by atoms with Gasteiger partial charge in [0, 0.05) is 22.6 Å². The molecule has 3 aromatic rings. The number of ether oxygens (including phenoxy) is 1. The zero-order valence-electron chi connectivity index (χ0n) is 14.4. The lowest BCUT2D eigenvalue weighted by atomic mass is 10.2. The summed E-state index contributed by atoms with van der Waals surface area (Å²) in [6.07, 6.45) is 3.60. The van der Waals surface area contributed by atoms with E-state index in [4.69, 9.17) is 4.74 Å². The van der Waals surface area contributed by atoms with Gasteiger partial charge < -0.3 is 10.1 Å². The first kappa shape index (κ1) is 18.5. The summed E-state index contributed by atoms with van der Waals surface area (Å²) < 4.78 is 8.00. The summed E-state index contributed by atoms with van der Waals surface area (Å²) in [5, 5.41) is 3.67. The van der Waals surface area contributed by atoms with Crippen LogP contribution in [0.4, 0.5) is 5.69 Å². The Balaban J connectivity index is 1.64. The molecule has 0 aliphatic carbocycles. The maximum atomic E-state index is 12.3. The van der Waals surface area contributed by atoms with Gasteiger partial charge in [-0.05, 0) is 64.8 Å². The zero-order chi connectivity index (χ0) is 18.5. The number of aromatic nitrogens is 2. The Hall–Kier alpha value is -2.25. The number of benzene rings is 2. The minimum Gasteiger partial charge on any atom is -0.497 e. The van der Waals surface area contributed by atoms with Crippen molar-refractivity contribution in [1.29, 1.82) is 0 Å². The topological polar surface area (TPSA) is 56.2 Å². The Morgan fingerprint density at radius 3 is 2.73 bits per heavy atom. The van der Waals surface area contributed by atoms with Crippen LogP contribution in [0.1, 0.15) is 5.56 Å². The minimum atomic E-state index is -0.0798. The summed E-state index contributed by atoms with van der Waals surface area (Å²) in [6, 6.07) is 13.5. The van der Waals surface area contributed by atoms with E-state index in [1.165, 1.54) is 11.8 Å². The number of amides is 1. The van der Waals surface area contributed by atoms with Crippen LogP contribution < -0.4 is 10.1 Å². The molecule has 0 saturated heterocycles. The molecule has 26 heavy (non-hydrogen) atoms. The Kier molecular flexibility index (Phi) is 6.00. The molecule has 134 valence electrons. The number of hydrogen-bond acceptors (Lipinski definition) is 4. The molecule has 7 heteroatoms. The van der Waals surface area contributed by atoms with Crippen LogP contribution in [-0.2, 0) is 4.79 Å². The van der Waals surface area contributed by atoms with E-state index in [0.29, 0.717) is 0 Å². The molecule has 2 aromatic carbocycles. The summed E-state index contributed by atoms with van der Waals surface area (Å²) in [4.78, 5) is 16.6. The molecule has 0 aliphatic rings. The van der Waals surface area contributed by atoms with Crippen LogP contribution in [0.3, 0.4) is 0 Å². The van der Waals surface area contributed by atoms with Crippen LogP contribution in [0.15, 0.2) is 64.5 Å². The number of thioether (sulfide) groups is 1. The third-order valence-electron chi connectivity index (χ3n) is 3.69. The highest BCUT2D eigenvalue weighted by atomic mass is 79.9. The molecule has 1 N–H and O–H groups in total. The number of imidazole rings is 1. The molecule has 0 atom stereocenters. The van der Waals surface area contributed by atoms with Crippen LogP contribution in [0.5, 0.6) is 5.75 Å². The van der Waals surface area contributed by atoms with Gasteiger partial charge in [-0.3, -0.25) is 9.36 Å². The van der Waals surface area contributed by atoms with E-state index in [1.807, 2.05) is 60.2 Å². The van der Waals surface area contributed by atoms with Crippen LogP contribution >= 0.6 is 27.7 Å². The van der Waals surface area contributed by atoms with Crippen LogP contribution in [0.25, 0.3) is 5.69 Å². The van der Waals surface area contributed by atoms with E-state index in [1.54, 1.807) is 13.3 Å². The molecule has 1 heterocycles. The number of carbonyl (C=O) groups excluding carboxylic acids is 1. The van der Waals surface area contributed by atoms with Crippen molar-refractivity contribution in [3.05, 3.63) is 64.9 Å². The maximum absolute atomic E-state index is 12.3. The van der Waals surface area contributed by atoms with E-state index in [9.17, 15) is 4.79 Å². The Bertz CT molecular complexity index is 909. The second-order valence-electron chi connectivity index (χ2n) is 5.60. The first-order chi connectivity index (χ1) is 12.6. The lowest BCUT2D eigenvalue weighted by Gasteiger charge is -2.10. The fourth-order valence-electron chi connectivity index (χ4n) is 2.37. The van der Waals surface area contributed by atoms with Crippen molar-refractivity contribution in [2.45, 2.75) is 12.1 Å². The van der Waals surface area contributed by atoms with Crippen molar-refractivity contribution >= 4 is 39.3 Å². The van der Waals surface area contributed by atoms with Gasteiger partial charge in [-0.1, -0.05) is 17.8 Å². The molecule has 0 fully saturated rings. The van der Waals surface area contributed by atoms with Gasteiger partial charge in [0.25, 0.3) is 0 Å². The van der Waals surface area contributed by atoms with Crippen molar-refractivity contribution in [3.8, 4) is 11.4 Å². The SMILES string of the molecule is COc1ccc(-n2ccnc2SCC(=O)Nc2ccc(C)cc2Br)cc1. The molecular weight excluding hydrogens is 414 g/mol. The Morgan fingerprint density at radius 2 is 2.04 bits per heavy atom. The maximum Gasteiger partial charge on any atom is 0.234 e. The Morgan fingerprint density at radius 1 is 1.27 bits per heavy atom. The lowest BCUT2D eigenvalue weighted by molar-refractivity contribution is -0.113. The molecule has 1 amide bonds. The number of aryl methyl sites for hydroxylation is 1. The standard InChI is InChI=1S/C19H18BrN3O2S/c1-13-3-8-17(16(20)11-13)22-18(24)12-26-19-21-9-10-23(19)14-4-6-15(25-2)7-5-14/h3-11H,12H2,1-2H3,(H,22,24). The zero-order valence-corrected chi connectivity index (χ0v) is 16.8. The van der Waals surface area contributed by atoms with Crippen molar-refractivity contribution in [2.24, 2.45) is 0 Å². The second-order valence-corrected chi connectivity index (χ2v) is 7.39. The van der Waals surface area contributed by atoms with Crippen LogP contribution in [0.2, 0.25) is 0 Å². The Labute approximate surface area is 164 Å². The average Bonchev–Trinajstić information content (AvgIpc) is 3.11. The highest BCUT2D eigenvalue weighted by Crippen LogP contribution is 2.25. The van der Waals surface area contributed by atoms with Gasteiger partial charge in [-0.2, -0.15) is 0 Å². The van der Waals surface area contributed by atoms with Gasteiger partial charge in [0.05, 0.1) is 18.6 Å². The molecule has 1 aromatic heterocycles. The van der Waals surface area contributed by atoms with E-state index in [2.05, 4.69) is 26.2 Å². The highest BCUT2D eigenvalue weighted by molar-refractivity contribution is 9.10. The summed E-state index contributed by atoms with van der Waals surface area (Å²) in [7, 11) is 1.64. The predicted octanol–water partition coefficient (Wildman–Crippen LogP) is 4.68. The first-order valence-electron chi connectivity index (χ1n) is 7.93. The van der Waals surface area contributed by atoms with Crippen molar-refractivity contribution in [1.82, 2.24) is 9.55 Å². The number of carbonyl (C=O) groups is 1. The smallest absolute Gasteiger partial charge is 0.234 e. The van der Waals surface area contributed by atoms with Gasteiger partial charge in [-0.25, -0.2) is 4.98 Å². The number of nitrogens with zero attached hydrogens (tertiary/aromatic N) is 2. The molecule has 0 aliphatic heterocycles. The fraction of sp³-hybridized carbons (Fsp3) is 0.158. The van der Waals surface area contributed by atoms with Gasteiger partial charge in [-0.15, -0.1) is 0 Å². The van der Waals surface area contributed by atoms with Gasteiger partial charge in [0.1, 0.15) is 5.75 Å². The minimum absolute atomic E-state index is 0.0798. The first-order valence-corrected chi connectivity index (χ1v) is 9.71. The number of nitrogens with one attached hydrogen (secondary N) is 1. The molecule has 0 saturated carbocycles. The average molecular weight is 432 g/mol. The summed E-state index contributed by atoms with van der Waals surface area (Å²) in [6.45, 7) is 2.01. The van der Waals surface area contributed by atoms with Gasteiger partial charge in [0.2, 0.25) is 5.91 Å². The second kappa shape index (κ2) is 8.42. The molecule has 5 nitrogen and oxygen atoms in total. The van der Waals surface area contributed by atoms with Crippen molar-refractivity contribution < 1.29 is 9.53 Å². The predicted molar refractivity (Wildman–Crippen MR) is 108 cm³/mol. The molecular formula is C19H18BrN3O2S. The third-order valence-corrected chi connectivity index (χ3v) is 5.31. The van der Waals surface area contributed by atoms with E-state index < -0.39 is 0 Å².